The largest absolute Gasteiger partial charge is 0.382 e. The van der Waals surface area contributed by atoms with Crippen LogP contribution < -0.4 is 10.7 Å². The summed E-state index contributed by atoms with van der Waals surface area (Å²) in [6.45, 7) is 7.49. The smallest absolute Gasteiger partial charge is 0.272 e. The monoisotopic (exact) mass is 338 g/mol. The van der Waals surface area contributed by atoms with Crippen LogP contribution in [0.5, 0.6) is 0 Å². The third-order valence-electron chi connectivity index (χ3n) is 3.10. The third kappa shape index (κ3) is 6.70. The van der Waals surface area contributed by atoms with E-state index in [1.807, 2.05) is 6.92 Å². The Morgan fingerprint density at radius 1 is 1.48 bits per heavy atom. The summed E-state index contributed by atoms with van der Waals surface area (Å²) in [6.07, 6.45) is 0.850. The Hall–Kier alpha value is -2.06. The van der Waals surface area contributed by atoms with E-state index >= 15 is 0 Å². The third-order valence-corrected chi connectivity index (χ3v) is 3.34. The second-order valence-electron chi connectivity index (χ2n) is 4.87. The summed E-state index contributed by atoms with van der Waals surface area (Å²) in [7, 11) is 0. The van der Waals surface area contributed by atoms with E-state index in [1.54, 1.807) is 26.0 Å². The van der Waals surface area contributed by atoms with Crippen molar-refractivity contribution in [1.82, 2.24) is 10.7 Å². The molecule has 7 nitrogen and oxygen atoms in total. The molecule has 8 heteroatoms. The van der Waals surface area contributed by atoms with E-state index in [0.29, 0.717) is 41.7 Å². The lowest BCUT2D eigenvalue weighted by Gasteiger charge is -2.08. The van der Waals surface area contributed by atoms with Crippen LogP contribution >= 0.6 is 12.2 Å². The summed E-state index contributed by atoms with van der Waals surface area (Å²) >= 11 is 5.11. The molecule has 0 bridgehead atoms. The summed E-state index contributed by atoms with van der Waals surface area (Å²) in [5.74, 6) is 0. The first-order valence-corrected chi connectivity index (χ1v) is 7.77. The van der Waals surface area contributed by atoms with Gasteiger partial charge >= 0.3 is 0 Å². The van der Waals surface area contributed by atoms with Crippen LogP contribution in [0.4, 0.5) is 5.69 Å². The maximum atomic E-state index is 11.0. The van der Waals surface area contributed by atoms with Crippen molar-refractivity contribution in [1.29, 1.82) is 0 Å². The van der Waals surface area contributed by atoms with Crippen molar-refractivity contribution in [3.05, 3.63) is 39.4 Å². The lowest BCUT2D eigenvalue weighted by molar-refractivity contribution is -0.385. The standard InChI is InChI=1S/C15H22N4O3S/c1-4-22-9-5-8-16-15(23)18-17-12(3)13-7-6-11(2)14(10-13)19(20)21/h6-7,10H,4-5,8-9H2,1-3H3,(H2,16,18,23)/b17-12-. The van der Waals surface area contributed by atoms with Gasteiger partial charge in [-0.05, 0) is 39.4 Å². The molecule has 1 aromatic carbocycles. The fourth-order valence-electron chi connectivity index (χ4n) is 1.79. The summed E-state index contributed by atoms with van der Waals surface area (Å²) in [5.41, 5.74) is 4.72. The topological polar surface area (TPSA) is 88.8 Å². The van der Waals surface area contributed by atoms with Crippen LogP contribution in [-0.2, 0) is 4.74 Å². The van der Waals surface area contributed by atoms with Crippen LogP contribution in [0.2, 0.25) is 0 Å². The SMILES string of the molecule is CCOCCCNC(=S)N/N=C(/C)c1ccc(C)c([N+](=O)[O-])c1. The van der Waals surface area contributed by atoms with Gasteiger partial charge in [-0.3, -0.25) is 15.5 Å². The highest BCUT2D eigenvalue weighted by Gasteiger charge is 2.12. The Balaban J connectivity index is 2.55. The number of aryl methyl sites for hydroxylation is 1. The summed E-state index contributed by atoms with van der Waals surface area (Å²) in [5, 5.41) is 18.5. The van der Waals surface area contributed by atoms with Crippen molar-refractivity contribution < 1.29 is 9.66 Å². The first kappa shape index (κ1) is 19.0. The quantitative estimate of drug-likeness (QED) is 0.249. The Morgan fingerprint density at radius 3 is 2.87 bits per heavy atom. The summed E-state index contributed by atoms with van der Waals surface area (Å²) in [4.78, 5) is 10.6. The Bertz CT molecular complexity index is 590. The van der Waals surface area contributed by atoms with E-state index in [-0.39, 0.29) is 5.69 Å². The molecule has 1 aromatic rings. The lowest BCUT2D eigenvalue weighted by atomic mass is 10.1. The van der Waals surface area contributed by atoms with Crippen LogP contribution in [0.15, 0.2) is 23.3 Å². The molecule has 23 heavy (non-hydrogen) atoms. The fraction of sp³-hybridized carbons (Fsp3) is 0.467. The van der Waals surface area contributed by atoms with Crippen LogP contribution in [0.25, 0.3) is 0 Å². The van der Waals surface area contributed by atoms with E-state index in [2.05, 4.69) is 15.8 Å². The number of hydrogen-bond donors (Lipinski definition) is 2. The second kappa shape index (κ2) is 9.86. The zero-order chi connectivity index (χ0) is 17.2. The van der Waals surface area contributed by atoms with Crippen molar-refractivity contribution in [3.8, 4) is 0 Å². The van der Waals surface area contributed by atoms with Crippen molar-refractivity contribution >= 4 is 28.7 Å². The number of nitrogens with one attached hydrogen (secondary N) is 2. The Morgan fingerprint density at radius 2 is 2.22 bits per heavy atom. The van der Waals surface area contributed by atoms with Crippen molar-refractivity contribution in [2.45, 2.75) is 27.2 Å². The molecule has 0 aliphatic rings. The van der Waals surface area contributed by atoms with Gasteiger partial charge in [0.2, 0.25) is 0 Å². The number of nitrogens with zero attached hydrogens (tertiary/aromatic N) is 2. The predicted molar refractivity (Wildman–Crippen MR) is 94.9 cm³/mol. The number of ether oxygens (including phenoxy) is 1. The molecule has 0 radical (unpaired) electrons. The van der Waals surface area contributed by atoms with Crippen molar-refractivity contribution in [2.75, 3.05) is 19.8 Å². The number of benzene rings is 1. The molecule has 0 amide bonds. The van der Waals surface area contributed by atoms with Gasteiger partial charge in [-0.2, -0.15) is 5.10 Å². The molecular formula is C15H22N4O3S. The predicted octanol–water partition coefficient (Wildman–Crippen LogP) is 2.52. The van der Waals surface area contributed by atoms with Crippen molar-refractivity contribution in [2.24, 2.45) is 5.10 Å². The molecule has 2 N–H and O–H groups in total. The van der Waals surface area contributed by atoms with Gasteiger partial charge in [-0.15, -0.1) is 0 Å². The van der Waals surface area contributed by atoms with Crippen LogP contribution in [0, 0.1) is 17.0 Å². The van der Waals surface area contributed by atoms with E-state index in [4.69, 9.17) is 17.0 Å². The number of rotatable bonds is 8. The number of thiocarbonyl (C=S) groups is 1. The normalized spacial score (nSPS) is 11.2. The minimum absolute atomic E-state index is 0.0775. The van der Waals surface area contributed by atoms with Gasteiger partial charge in [0.25, 0.3) is 5.69 Å². The molecule has 0 unspecified atom stereocenters. The zero-order valence-electron chi connectivity index (χ0n) is 13.6. The molecule has 0 saturated heterocycles. The maximum Gasteiger partial charge on any atom is 0.272 e. The summed E-state index contributed by atoms with van der Waals surface area (Å²) < 4.78 is 5.23. The maximum absolute atomic E-state index is 11.0. The molecule has 0 spiro atoms. The summed E-state index contributed by atoms with van der Waals surface area (Å²) in [6, 6.07) is 5.01. The lowest BCUT2D eigenvalue weighted by Crippen LogP contribution is -2.33. The van der Waals surface area contributed by atoms with Gasteiger partial charge in [-0.1, -0.05) is 12.1 Å². The highest BCUT2D eigenvalue weighted by Crippen LogP contribution is 2.19. The van der Waals surface area contributed by atoms with Gasteiger partial charge in [0.15, 0.2) is 5.11 Å². The minimum Gasteiger partial charge on any atom is -0.382 e. The Kier molecular flexibility index (Phi) is 8.14. The van der Waals surface area contributed by atoms with Gasteiger partial charge in [0.1, 0.15) is 0 Å². The first-order valence-electron chi connectivity index (χ1n) is 7.37. The van der Waals surface area contributed by atoms with Crippen LogP contribution in [0.1, 0.15) is 31.4 Å². The fourth-order valence-corrected chi connectivity index (χ4v) is 1.94. The van der Waals surface area contributed by atoms with E-state index < -0.39 is 4.92 Å². The minimum atomic E-state index is -0.399. The van der Waals surface area contributed by atoms with Crippen molar-refractivity contribution in [3.63, 3.8) is 0 Å². The second-order valence-corrected chi connectivity index (χ2v) is 5.28. The van der Waals surface area contributed by atoms with Gasteiger partial charge in [-0.25, -0.2) is 0 Å². The molecule has 0 heterocycles. The molecule has 0 aromatic heterocycles. The number of nitro benzene ring substituents is 1. The highest BCUT2D eigenvalue weighted by molar-refractivity contribution is 7.80. The first-order chi connectivity index (χ1) is 11.0. The highest BCUT2D eigenvalue weighted by atomic mass is 32.1. The van der Waals surface area contributed by atoms with E-state index in [1.165, 1.54) is 6.07 Å². The molecule has 0 saturated carbocycles. The molecule has 1 rings (SSSR count). The average molecular weight is 338 g/mol. The number of hydrogen-bond acceptors (Lipinski definition) is 5. The molecule has 0 aliphatic heterocycles. The number of nitro groups is 1. The zero-order valence-corrected chi connectivity index (χ0v) is 14.4. The average Bonchev–Trinajstić information content (AvgIpc) is 2.52. The van der Waals surface area contributed by atoms with E-state index in [9.17, 15) is 10.1 Å². The number of hydrazone groups is 1. The Labute approximate surface area is 141 Å². The van der Waals surface area contributed by atoms with Crippen LogP contribution in [-0.4, -0.2) is 35.5 Å². The molecule has 0 atom stereocenters. The van der Waals surface area contributed by atoms with Gasteiger partial charge < -0.3 is 10.1 Å². The van der Waals surface area contributed by atoms with Gasteiger partial charge in [0.05, 0.1) is 10.6 Å². The van der Waals surface area contributed by atoms with Crippen LogP contribution in [0.3, 0.4) is 0 Å². The molecule has 0 aliphatic carbocycles. The molecule has 126 valence electrons. The van der Waals surface area contributed by atoms with Gasteiger partial charge in [0, 0.05) is 37.0 Å². The van der Waals surface area contributed by atoms with E-state index in [0.717, 1.165) is 6.42 Å². The molecule has 0 fully saturated rings. The molecular weight excluding hydrogens is 316 g/mol.